The van der Waals surface area contributed by atoms with Crippen molar-refractivity contribution in [1.82, 2.24) is 5.32 Å². The van der Waals surface area contributed by atoms with Gasteiger partial charge in [0.15, 0.2) is 0 Å². The van der Waals surface area contributed by atoms with Gasteiger partial charge in [-0.15, -0.1) is 0 Å². The van der Waals surface area contributed by atoms with E-state index in [1.54, 1.807) is 0 Å². The summed E-state index contributed by atoms with van der Waals surface area (Å²) in [4.78, 5) is 26.0. The summed E-state index contributed by atoms with van der Waals surface area (Å²) < 4.78 is 5.92. The minimum atomic E-state index is -0.778. The lowest BCUT2D eigenvalue weighted by atomic mass is 10.0. The van der Waals surface area contributed by atoms with E-state index in [2.05, 4.69) is 26.1 Å². The maximum Gasteiger partial charge on any atom is 0.306 e. The van der Waals surface area contributed by atoms with Crippen molar-refractivity contribution in [3.63, 3.8) is 0 Å². The van der Waals surface area contributed by atoms with Crippen LogP contribution in [0.4, 0.5) is 0 Å². The molecule has 0 aliphatic carbocycles. The molecule has 0 radical (unpaired) electrons. The van der Waals surface area contributed by atoms with Crippen LogP contribution in [0.1, 0.15) is 290 Å². The van der Waals surface area contributed by atoms with Crippen LogP contribution < -0.4 is 5.32 Å². The molecule has 0 heterocycles. The maximum absolute atomic E-state index is 13.2. The molecular formula is C51H101NO5. The second-order valence-electron chi connectivity index (χ2n) is 17.9. The first-order valence-corrected chi connectivity index (χ1v) is 25.8. The molecule has 0 bridgehead atoms. The van der Waals surface area contributed by atoms with E-state index in [0.29, 0.717) is 19.3 Å². The second-order valence-corrected chi connectivity index (χ2v) is 17.9. The summed E-state index contributed by atoms with van der Waals surface area (Å²) in [5, 5.41) is 23.8. The number of ether oxygens (including phenoxy) is 1. The predicted octanol–water partition coefficient (Wildman–Crippen LogP) is 15.2. The molecule has 0 saturated heterocycles. The molecule has 0 aliphatic heterocycles. The molecule has 3 atom stereocenters. The van der Waals surface area contributed by atoms with Gasteiger partial charge in [-0.2, -0.15) is 0 Å². The number of carbonyl (C=O) groups excluding carboxylic acids is 2. The Morgan fingerprint density at radius 1 is 0.439 bits per heavy atom. The van der Waals surface area contributed by atoms with Crippen LogP contribution in [0.2, 0.25) is 0 Å². The molecule has 0 saturated carbocycles. The Balaban J connectivity index is 4.42. The summed E-state index contributed by atoms with van der Waals surface area (Å²) in [6.07, 6.45) is 48.8. The number of esters is 1. The van der Waals surface area contributed by atoms with Crippen molar-refractivity contribution in [2.24, 2.45) is 0 Å². The van der Waals surface area contributed by atoms with Gasteiger partial charge in [0.1, 0.15) is 6.10 Å². The Bertz CT molecular complexity index is 821. The van der Waals surface area contributed by atoms with Crippen LogP contribution in [-0.2, 0) is 14.3 Å². The number of hydrogen-bond acceptors (Lipinski definition) is 5. The lowest BCUT2D eigenvalue weighted by Gasteiger charge is -2.24. The van der Waals surface area contributed by atoms with E-state index in [1.165, 1.54) is 199 Å². The highest BCUT2D eigenvalue weighted by Crippen LogP contribution is 2.19. The van der Waals surface area contributed by atoms with E-state index < -0.39 is 18.2 Å². The van der Waals surface area contributed by atoms with E-state index in [9.17, 15) is 19.8 Å². The fraction of sp³-hybridized carbons (Fsp3) is 0.961. The van der Waals surface area contributed by atoms with Gasteiger partial charge in [-0.05, 0) is 25.7 Å². The Morgan fingerprint density at radius 2 is 0.737 bits per heavy atom. The van der Waals surface area contributed by atoms with Gasteiger partial charge in [-0.1, -0.05) is 252 Å². The summed E-state index contributed by atoms with van der Waals surface area (Å²) in [6, 6.07) is -0.691. The van der Waals surface area contributed by atoms with Gasteiger partial charge in [0.2, 0.25) is 5.91 Å². The highest BCUT2D eigenvalue weighted by molar-refractivity contribution is 5.77. The number of nitrogens with one attached hydrogen (secondary N) is 1. The SMILES string of the molecule is CCCCCCCCCCCCCCCCCCC(O)C(CO)NC(=O)CC(CCCCCCCCCCCC)OC(=O)CCCCCCCCCCCCCC. The third kappa shape index (κ3) is 41.4. The first kappa shape index (κ1) is 55.9. The molecule has 0 rings (SSSR count). The Labute approximate surface area is 356 Å². The highest BCUT2D eigenvalue weighted by Gasteiger charge is 2.24. The first-order chi connectivity index (χ1) is 28.0. The number of unbranched alkanes of at least 4 members (excludes halogenated alkanes) is 35. The van der Waals surface area contributed by atoms with Crippen molar-refractivity contribution in [3.8, 4) is 0 Å². The summed E-state index contributed by atoms with van der Waals surface area (Å²) >= 11 is 0. The molecule has 0 aromatic rings. The van der Waals surface area contributed by atoms with Gasteiger partial charge < -0.3 is 20.3 Å². The van der Waals surface area contributed by atoms with Crippen molar-refractivity contribution in [2.45, 2.75) is 309 Å². The maximum atomic E-state index is 13.2. The predicted molar refractivity (Wildman–Crippen MR) is 246 cm³/mol. The smallest absolute Gasteiger partial charge is 0.306 e. The molecule has 57 heavy (non-hydrogen) atoms. The lowest BCUT2D eigenvalue weighted by molar-refractivity contribution is -0.151. The molecule has 3 unspecified atom stereocenters. The number of amides is 1. The summed E-state index contributed by atoms with van der Waals surface area (Å²) in [6.45, 7) is 6.50. The van der Waals surface area contributed by atoms with Gasteiger partial charge in [-0.25, -0.2) is 0 Å². The molecular weight excluding hydrogens is 707 g/mol. The zero-order valence-corrected chi connectivity index (χ0v) is 38.8. The fourth-order valence-electron chi connectivity index (χ4n) is 8.26. The third-order valence-electron chi connectivity index (χ3n) is 12.2. The largest absolute Gasteiger partial charge is 0.462 e. The number of aliphatic hydroxyl groups is 2. The quantitative estimate of drug-likeness (QED) is 0.0420. The normalized spacial score (nSPS) is 13.1. The summed E-state index contributed by atoms with van der Waals surface area (Å²) in [5.41, 5.74) is 0. The zero-order chi connectivity index (χ0) is 41.7. The van der Waals surface area contributed by atoms with Crippen molar-refractivity contribution >= 4 is 11.9 Å². The number of rotatable bonds is 47. The van der Waals surface area contributed by atoms with Gasteiger partial charge in [0, 0.05) is 6.42 Å². The highest BCUT2D eigenvalue weighted by atomic mass is 16.5. The molecule has 340 valence electrons. The van der Waals surface area contributed by atoms with Gasteiger partial charge >= 0.3 is 5.97 Å². The van der Waals surface area contributed by atoms with Crippen LogP contribution in [0.15, 0.2) is 0 Å². The molecule has 0 aromatic heterocycles. The van der Waals surface area contributed by atoms with Gasteiger partial charge in [0.25, 0.3) is 0 Å². The van der Waals surface area contributed by atoms with E-state index >= 15 is 0 Å². The van der Waals surface area contributed by atoms with Crippen LogP contribution in [0.25, 0.3) is 0 Å². The van der Waals surface area contributed by atoms with Crippen molar-refractivity contribution < 1.29 is 24.5 Å². The lowest BCUT2D eigenvalue weighted by Crippen LogP contribution is -2.46. The molecule has 0 aliphatic rings. The minimum absolute atomic E-state index is 0.0872. The van der Waals surface area contributed by atoms with E-state index in [1.807, 2.05) is 0 Å². The second kappa shape index (κ2) is 45.9. The zero-order valence-electron chi connectivity index (χ0n) is 38.8. The monoisotopic (exact) mass is 808 g/mol. The molecule has 1 amide bonds. The van der Waals surface area contributed by atoms with Crippen LogP contribution in [0.3, 0.4) is 0 Å². The van der Waals surface area contributed by atoms with Crippen LogP contribution >= 0.6 is 0 Å². The average molecular weight is 808 g/mol. The summed E-state index contributed by atoms with van der Waals surface area (Å²) in [5.74, 6) is -0.454. The van der Waals surface area contributed by atoms with Crippen LogP contribution in [0.5, 0.6) is 0 Å². The minimum Gasteiger partial charge on any atom is -0.462 e. The number of aliphatic hydroxyl groups excluding tert-OH is 2. The third-order valence-corrected chi connectivity index (χ3v) is 12.2. The van der Waals surface area contributed by atoms with Gasteiger partial charge in [-0.3, -0.25) is 9.59 Å². The molecule has 0 spiro atoms. The first-order valence-electron chi connectivity index (χ1n) is 25.8. The molecule has 6 nitrogen and oxygen atoms in total. The number of hydrogen-bond donors (Lipinski definition) is 3. The number of carbonyl (C=O) groups is 2. The Hall–Kier alpha value is -1.14. The van der Waals surface area contributed by atoms with Crippen LogP contribution in [-0.4, -0.2) is 46.9 Å². The van der Waals surface area contributed by atoms with Crippen molar-refractivity contribution in [3.05, 3.63) is 0 Å². The van der Waals surface area contributed by atoms with Crippen LogP contribution in [0, 0.1) is 0 Å². The van der Waals surface area contributed by atoms with Crippen molar-refractivity contribution in [2.75, 3.05) is 6.61 Å². The molecule has 3 N–H and O–H groups in total. The van der Waals surface area contributed by atoms with E-state index in [0.717, 1.165) is 44.9 Å². The molecule has 0 aromatic carbocycles. The van der Waals surface area contributed by atoms with Gasteiger partial charge in [0.05, 0.1) is 25.2 Å². The Morgan fingerprint density at radius 3 is 1.07 bits per heavy atom. The standard InChI is InChI=1S/C51H101NO5/c1-4-7-10-13-16-19-22-24-25-26-27-28-31-34-37-40-43-49(54)48(46-53)52-50(55)45-47(42-39-36-33-30-21-18-15-12-9-6-3)57-51(56)44-41-38-35-32-29-23-20-17-14-11-8-5-2/h47-49,53-54H,4-46H2,1-3H3,(H,52,55). The fourth-order valence-corrected chi connectivity index (χ4v) is 8.26. The van der Waals surface area contributed by atoms with E-state index in [4.69, 9.17) is 4.74 Å². The topological polar surface area (TPSA) is 95.9 Å². The summed E-state index contributed by atoms with van der Waals surface area (Å²) in [7, 11) is 0. The molecule has 0 fully saturated rings. The van der Waals surface area contributed by atoms with Crippen molar-refractivity contribution in [1.29, 1.82) is 0 Å². The molecule has 6 heteroatoms. The Kier molecular flexibility index (Phi) is 45.0. The van der Waals surface area contributed by atoms with E-state index in [-0.39, 0.29) is 24.9 Å². The average Bonchev–Trinajstić information content (AvgIpc) is 3.20.